The first-order valence-corrected chi connectivity index (χ1v) is 11.0. The van der Waals surface area contributed by atoms with Crippen LogP contribution >= 0.6 is 0 Å². The number of rotatable bonds is 3. The third-order valence-electron chi connectivity index (χ3n) is 6.29. The first-order valence-electron chi connectivity index (χ1n) is 11.0. The van der Waals surface area contributed by atoms with Crippen molar-refractivity contribution in [2.45, 2.75) is 65.1 Å². The molecule has 0 spiro atoms. The van der Waals surface area contributed by atoms with Crippen LogP contribution in [0.5, 0.6) is 0 Å². The third kappa shape index (κ3) is 3.63. The topological polar surface area (TPSA) is 88.5 Å². The largest absolute Gasteiger partial charge is 0.312 e. The number of piperidine rings is 1. The fraction of sp³-hybridized carbons (Fsp3) is 0.417. The molecule has 7 nitrogen and oxygen atoms in total. The van der Waals surface area contributed by atoms with E-state index in [0.717, 1.165) is 40.6 Å². The second kappa shape index (κ2) is 7.57. The highest BCUT2D eigenvalue weighted by Crippen LogP contribution is 2.28. The molecule has 0 unspecified atom stereocenters. The summed E-state index contributed by atoms with van der Waals surface area (Å²) < 4.78 is 1.99. The summed E-state index contributed by atoms with van der Waals surface area (Å²) in [5, 5.41) is 10.00. The molecule has 7 heteroatoms. The minimum Gasteiger partial charge on any atom is -0.312 e. The van der Waals surface area contributed by atoms with Gasteiger partial charge in [-0.25, -0.2) is 9.67 Å². The Balaban J connectivity index is 1.55. The van der Waals surface area contributed by atoms with Gasteiger partial charge in [0.05, 0.1) is 17.3 Å². The monoisotopic (exact) mass is 416 g/mol. The molecule has 31 heavy (non-hydrogen) atoms. The van der Waals surface area contributed by atoms with Crippen molar-refractivity contribution in [1.82, 2.24) is 30.0 Å². The van der Waals surface area contributed by atoms with Gasteiger partial charge in [0.2, 0.25) is 0 Å². The number of hydrogen-bond donors (Lipinski definition) is 2. The summed E-state index contributed by atoms with van der Waals surface area (Å²) in [5.41, 5.74) is 4.48. The number of benzene rings is 1. The molecule has 160 valence electrons. The van der Waals surface area contributed by atoms with Gasteiger partial charge in [0.15, 0.2) is 5.65 Å². The number of fused-ring (bicyclic) bond motifs is 2. The molecule has 0 saturated carbocycles. The first kappa shape index (κ1) is 19.9. The summed E-state index contributed by atoms with van der Waals surface area (Å²) in [6.07, 6.45) is 4.33. The maximum Gasteiger partial charge on any atom is 0.262 e. The normalized spacial score (nSPS) is 21.7. The van der Waals surface area contributed by atoms with Gasteiger partial charge in [0.25, 0.3) is 5.56 Å². The van der Waals surface area contributed by atoms with Crippen LogP contribution in [-0.2, 0) is 6.42 Å². The van der Waals surface area contributed by atoms with Gasteiger partial charge in [-0.2, -0.15) is 5.10 Å². The predicted molar refractivity (Wildman–Crippen MR) is 123 cm³/mol. The number of pyridine rings is 1. The number of para-hydroxylation sites is 1. The van der Waals surface area contributed by atoms with Crippen LogP contribution in [0.3, 0.4) is 0 Å². The molecule has 3 aromatic heterocycles. The zero-order chi connectivity index (χ0) is 21.7. The smallest absolute Gasteiger partial charge is 0.262 e. The van der Waals surface area contributed by atoms with Crippen LogP contribution in [0, 0.1) is 13.8 Å². The van der Waals surface area contributed by atoms with E-state index in [1.54, 1.807) is 0 Å². The average Bonchev–Trinajstić information content (AvgIpc) is 3.04. The molecule has 2 N–H and O–H groups in total. The van der Waals surface area contributed by atoms with Crippen molar-refractivity contribution in [1.29, 1.82) is 0 Å². The van der Waals surface area contributed by atoms with Crippen LogP contribution < -0.4 is 10.9 Å². The van der Waals surface area contributed by atoms with Crippen molar-refractivity contribution in [3.63, 3.8) is 0 Å². The lowest BCUT2D eigenvalue weighted by molar-refractivity contribution is 0.253. The molecular weight excluding hydrogens is 388 g/mol. The van der Waals surface area contributed by atoms with E-state index in [2.05, 4.69) is 54.3 Å². The highest BCUT2D eigenvalue weighted by molar-refractivity contribution is 5.82. The number of H-pyrrole nitrogens is 1. The zero-order valence-corrected chi connectivity index (χ0v) is 18.4. The van der Waals surface area contributed by atoms with E-state index in [0.29, 0.717) is 35.4 Å². The SMILES string of the molecule is Cc1cccc2cc(Cc3nc4c(c(C)nn4C4C[C@@H](C)N[C@H](C)C4)c(=O)[nH]3)cnc12. The predicted octanol–water partition coefficient (Wildman–Crippen LogP) is 3.58. The number of hydrogen-bond acceptors (Lipinski definition) is 5. The lowest BCUT2D eigenvalue weighted by Gasteiger charge is -2.33. The Hall–Kier alpha value is -3.06. The van der Waals surface area contributed by atoms with Crippen molar-refractivity contribution >= 4 is 21.9 Å². The zero-order valence-electron chi connectivity index (χ0n) is 18.4. The lowest BCUT2D eigenvalue weighted by atomic mass is 9.95. The maximum atomic E-state index is 12.9. The van der Waals surface area contributed by atoms with Crippen molar-refractivity contribution < 1.29 is 0 Å². The highest BCUT2D eigenvalue weighted by Gasteiger charge is 2.28. The molecule has 0 aliphatic carbocycles. The molecule has 0 amide bonds. The van der Waals surface area contributed by atoms with Gasteiger partial charge in [-0.1, -0.05) is 18.2 Å². The van der Waals surface area contributed by atoms with Crippen molar-refractivity contribution in [2.75, 3.05) is 0 Å². The van der Waals surface area contributed by atoms with E-state index in [1.165, 1.54) is 0 Å². The first-order chi connectivity index (χ1) is 14.9. The molecule has 0 radical (unpaired) electrons. The standard InChI is InChI=1S/C24H28N6O/c1-13-6-5-7-18-10-17(12-25-22(13)18)11-20-27-23-21(24(31)28-20)16(4)29-30(23)19-8-14(2)26-15(3)9-19/h5-7,10,12,14-15,19,26H,8-9,11H2,1-4H3,(H,27,28,31)/t14-,15-/m1/s1. The molecule has 4 heterocycles. The van der Waals surface area contributed by atoms with Crippen LogP contribution in [0.1, 0.15) is 55.4 Å². The molecule has 1 fully saturated rings. The molecule has 1 saturated heterocycles. The number of nitrogens with zero attached hydrogens (tertiary/aromatic N) is 4. The Morgan fingerprint density at radius 2 is 1.94 bits per heavy atom. The van der Waals surface area contributed by atoms with Crippen molar-refractivity contribution in [2.24, 2.45) is 0 Å². The third-order valence-corrected chi connectivity index (χ3v) is 6.29. The Bertz CT molecular complexity index is 1330. The Labute approximate surface area is 180 Å². The van der Waals surface area contributed by atoms with Gasteiger partial charge < -0.3 is 10.3 Å². The van der Waals surface area contributed by atoms with Gasteiger partial charge in [-0.05, 0) is 57.7 Å². The molecule has 5 rings (SSSR count). The van der Waals surface area contributed by atoms with Crippen molar-refractivity contribution in [3.8, 4) is 0 Å². The Morgan fingerprint density at radius 3 is 2.71 bits per heavy atom. The maximum absolute atomic E-state index is 12.9. The lowest BCUT2D eigenvalue weighted by Crippen LogP contribution is -2.43. The summed E-state index contributed by atoms with van der Waals surface area (Å²) >= 11 is 0. The van der Waals surface area contributed by atoms with E-state index in [-0.39, 0.29) is 11.6 Å². The summed E-state index contributed by atoms with van der Waals surface area (Å²) in [7, 11) is 0. The van der Waals surface area contributed by atoms with Gasteiger partial charge in [-0.3, -0.25) is 9.78 Å². The van der Waals surface area contributed by atoms with Crippen LogP contribution in [0.25, 0.3) is 21.9 Å². The Morgan fingerprint density at radius 1 is 1.16 bits per heavy atom. The summed E-state index contributed by atoms with van der Waals surface area (Å²) in [4.78, 5) is 25.4. The summed E-state index contributed by atoms with van der Waals surface area (Å²) in [6.45, 7) is 8.34. The molecule has 1 aromatic carbocycles. The van der Waals surface area contributed by atoms with Gasteiger partial charge in [0, 0.05) is 30.1 Å². The van der Waals surface area contributed by atoms with Crippen molar-refractivity contribution in [3.05, 3.63) is 63.5 Å². The van der Waals surface area contributed by atoms with Gasteiger partial charge in [-0.15, -0.1) is 0 Å². The van der Waals surface area contributed by atoms with Gasteiger partial charge >= 0.3 is 0 Å². The van der Waals surface area contributed by atoms with E-state index in [4.69, 9.17) is 10.1 Å². The van der Waals surface area contributed by atoms with Crippen LogP contribution in [-0.4, -0.2) is 36.8 Å². The van der Waals surface area contributed by atoms with E-state index in [1.807, 2.05) is 23.9 Å². The van der Waals surface area contributed by atoms with Crippen LogP contribution in [0.2, 0.25) is 0 Å². The van der Waals surface area contributed by atoms with Crippen LogP contribution in [0.4, 0.5) is 0 Å². The molecule has 2 atom stereocenters. The molecule has 1 aliphatic rings. The average molecular weight is 417 g/mol. The molecule has 4 aromatic rings. The van der Waals surface area contributed by atoms with E-state index in [9.17, 15) is 4.79 Å². The summed E-state index contributed by atoms with van der Waals surface area (Å²) in [5.74, 6) is 0.641. The van der Waals surface area contributed by atoms with Gasteiger partial charge in [0.1, 0.15) is 11.2 Å². The second-order valence-electron chi connectivity index (χ2n) is 9.00. The number of aromatic nitrogens is 5. The minimum atomic E-state index is -0.122. The number of aryl methyl sites for hydroxylation is 2. The number of aromatic amines is 1. The van der Waals surface area contributed by atoms with E-state index < -0.39 is 0 Å². The molecular formula is C24H28N6O. The molecule has 1 aliphatic heterocycles. The minimum absolute atomic E-state index is 0.122. The highest BCUT2D eigenvalue weighted by atomic mass is 16.1. The second-order valence-corrected chi connectivity index (χ2v) is 9.00. The fourth-order valence-electron chi connectivity index (χ4n) is 4.98. The Kier molecular flexibility index (Phi) is 4.85. The summed E-state index contributed by atoms with van der Waals surface area (Å²) in [6, 6.07) is 9.33. The number of nitrogens with one attached hydrogen (secondary N) is 2. The van der Waals surface area contributed by atoms with E-state index >= 15 is 0 Å². The fourth-order valence-corrected chi connectivity index (χ4v) is 4.98. The van der Waals surface area contributed by atoms with Crippen LogP contribution in [0.15, 0.2) is 35.3 Å². The quantitative estimate of drug-likeness (QED) is 0.533. The molecule has 0 bridgehead atoms.